The van der Waals surface area contributed by atoms with E-state index in [1.54, 1.807) is 12.1 Å². The normalized spacial score (nSPS) is 29.4. The van der Waals surface area contributed by atoms with E-state index in [0.29, 0.717) is 29.3 Å². The third-order valence-corrected chi connectivity index (χ3v) is 4.66. The number of nitrogens with zero attached hydrogens (tertiary/aromatic N) is 1. The number of nitrogens with one attached hydrogen (secondary N) is 1. The van der Waals surface area contributed by atoms with Gasteiger partial charge in [0.1, 0.15) is 0 Å². The summed E-state index contributed by atoms with van der Waals surface area (Å²) in [5.41, 5.74) is 0.656. The van der Waals surface area contributed by atoms with E-state index in [4.69, 9.17) is 11.6 Å². The molecule has 2 aliphatic rings. The fraction of sp³-hybridized carbons (Fsp3) is 0.533. The van der Waals surface area contributed by atoms with Gasteiger partial charge in [-0.25, -0.2) is 0 Å². The molecule has 3 rings (SSSR count). The van der Waals surface area contributed by atoms with Crippen LogP contribution in [-0.4, -0.2) is 40.6 Å². The van der Waals surface area contributed by atoms with Gasteiger partial charge in [0, 0.05) is 12.1 Å². The van der Waals surface area contributed by atoms with E-state index in [-0.39, 0.29) is 12.0 Å². The Bertz CT molecular complexity index is 494. The standard InChI is InChI=1S/C15H19ClN2O2/c16-13-3-1-2-4-14(13)17-15(20)9-18-10-5-6-11(18)8-12(19)7-10/h1-4,10-12,19H,5-9H2,(H,17,20). The van der Waals surface area contributed by atoms with Crippen molar-refractivity contribution >= 4 is 23.2 Å². The summed E-state index contributed by atoms with van der Waals surface area (Å²) in [5, 5.41) is 13.2. The quantitative estimate of drug-likeness (QED) is 0.899. The molecule has 108 valence electrons. The fourth-order valence-corrected chi connectivity index (χ4v) is 3.60. The minimum Gasteiger partial charge on any atom is -0.393 e. The SMILES string of the molecule is O=C(CN1C2CCC1CC(O)C2)Nc1ccccc1Cl. The molecule has 2 saturated heterocycles. The molecule has 4 nitrogen and oxygen atoms in total. The van der Waals surface area contributed by atoms with Gasteiger partial charge < -0.3 is 10.4 Å². The topological polar surface area (TPSA) is 52.6 Å². The third-order valence-electron chi connectivity index (χ3n) is 4.33. The Kier molecular flexibility index (Phi) is 3.96. The number of aliphatic hydroxyl groups is 1. The second-order valence-corrected chi connectivity index (χ2v) is 6.12. The van der Waals surface area contributed by atoms with Crippen molar-refractivity contribution in [2.45, 2.75) is 43.9 Å². The molecule has 0 aromatic heterocycles. The maximum absolute atomic E-state index is 12.2. The average Bonchev–Trinajstić information content (AvgIpc) is 2.65. The second kappa shape index (κ2) is 5.72. The number of benzene rings is 1. The average molecular weight is 295 g/mol. The predicted octanol–water partition coefficient (Wildman–Crippen LogP) is 2.27. The number of halogens is 1. The number of hydrogen-bond acceptors (Lipinski definition) is 3. The van der Waals surface area contributed by atoms with Gasteiger partial charge in [-0.1, -0.05) is 23.7 Å². The molecule has 2 bridgehead atoms. The molecule has 2 N–H and O–H groups in total. The van der Waals surface area contributed by atoms with Crippen molar-refractivity contribution in [3.8, 4) is 0 Å². The van der Waals surface area contributed by atoms with Gasteiger partial charge in [-0.2, -0.15) is 0 Å². The second-order valence-electron chi connectivity index (χ2n) is 5.71. The monoisotopic (exact) mass is 294 g/mol. The Morgan fingerprint density at radius 2 is 1.95 bits per heavy atom. The number of carbonyl (C=O) groups is 1. The minimum absolute atomic E-state index is 0.0358. The molecule has 2 atom stereocenters. The smallest absolute Gasteiger partial charge is 0.238 e. The van der Waals surface area contributed by atoms with Gasteiger partial charge >= 0.3 is 0 Å². The van der Waals surface area contributed by atoms with Crippen molar-refractivity contribution < 1.29 is 9.90 Å². The van der Waals surface area contributed by atoms with Crippen LogP contribution in [0.3, 0.4) is 0 Å². The molecule has 2 aliphatic heterocycles. The molecule has 0 aliphatic carbocycles. The molecule has 1 aromatic carbocycles. The summed E-state index contributed by atoms with van der Waals surface area (Å²) in [7, 11) is 0. The van der Waals surface area contributed by atoms with Crippen LogP contribution in [0.5, 0.6) is 0 Å². The molecular formula is C15H19ClN2O2. The largest absolute Gasteiger partial charge is 0.393 e. The van der Waals surface area contributed by atoms with E-state index < -0.39 is 0 Å². The number of aliphatic hydroxyl groups excluding tert-OH is 1. The first-order valence-corrected chi connectivity index (χ1v) is 7.49. The molecule has 20 heavy (non-hydrogen) atoms. The van der Waals surface area contributed by atoms with Crippen LogP contribution in [0.15, 0.2) is 24.3 Å². The zero-order chi connectivity index (χ0) is 14.1. The highest BCUT2D eigenvalue weighted by Gasteiger charge is 2.40. The highest BCUT2D eigenvalue weighted by molar-refractivity contribution is 6.33. The number of rotatable bonds is 3. The Hall–Kier alpha value is -1.10. The first kappa shape index (κ1) is 13.9. The Balaban J connectivity index is 1.61. The van der Waals surface area contributed by atoms with Crippen LogP contribution in [0.1, 0.15) is 25.7 Å². The van der Waals surface area contributed by atoms with Crippen molar-refractivity contribution in [3.05, 3.63) is 29.3 Å². The van der Waals surface area contributed by atoms with Gasteiger partial charge in [0.25, 0.3) is 0 Å². The van der Waals surface area contributed by atoms with Gasteiger partial charge in [-0.15, -0.1) is 0 Å². The highest BCUT2D eigenvalue weighted by Crippen LogP contribution is 2.35. The summed E-state index contributed by atoms with van der Waals surface area (Å²) in [6.07, 6.45) is 3.55. The van der Waals surface area contributed by atoms with Crippen LogP contribution in [-0.2, 0) is 4.79 Å². The molecule has 2 heterocycles. The zero-order valence-electron chi connectivity index (χ0n) is 11.3. The van der Waals surface area contributed by atoms with Crippen LogP contribution in [0, 0.1) is 0 Å². The van der Waals surface area contributed by atoms with E-state index in [0.717, 1.165) is 25.7 Å². The number of fused-ring (bicyclic) bond motifs is 2. The molecule has 1 amide bonds. The first-order chi connectivity index (χ1) is 9.63. The lowest BCUT2D eigenvalue weighted by atomic mass is 10.00. The third kappa shape index (κ3) is 2.82. The van der Waals surface area contributed by atoms with Crippen LogP contribution in [0.4, 0.5) is 5.69 Å². The summed E-state index contributed by atoms with van der Waals surface area (Å²) in [4.78, 5) is 14.4. The number of hydrogen-bond donors (Lipinski definition) is 2. The highest BCUT2D eigenvalue weighted by atomic mass is 35.5. The summed E-state index contributed by atoms with van der Waals surface area (Å²) in [6.45, 7) is 0.382. The summed E-state index contributed by atoms with van der Waals surface area (Å²) in [6, 6.07) is 7.95. The summed E-state index contributed by atoms with van der Waals surface area (Å²) < 4.78 is 0. The van der Waals surface area contributed by atoms with Gasteiger partial charge in [0.2, 0.25) is 5.91 Å². The molecule has 2 unspecified atom stereocenters. The lowest BCUT2D eigenvalue weighted by Gasteiger charge is -2.36. The molecule has 1 aromatic rings. The number of anilines is 1. The van der Waals surface area contributed by atoms with Crippen LogP contribution in [0.2, 0.25) is 5.02 Å². The lowest BCUT2D eigenvalue weighted by molar-refractivity contribution is -0.119. The Morgan fingerprint density at radius 3 is 2.60 bits per heavy atom. The maximum Gasteiger partial charge on any atom is 0.238 e. The summed E-state index contributed by atoms with van der Waals surface area (Å²) >= 11 is 6.04. The number of para-hydroxylation sites is 1. The van der Waals surface area contributed by atoms with Gasteiger partial charge in [-0.3, -0.25) is 9.69 Å². The lowest BCUT2D eigenvalue weighted by Crippen LogP contribution is -2.47. The van der Waals surface area contributed by atoms with E-state index in [2.05, 4.69) is 10.2 Å². The number of carbonyl (C=O) groups excluding carboxylic acids is 1. The zero-order valence-corrected chi connectivity index (χ0v) is 12.0. The van der Waals surface area contributed by atoms with Crippen molar-refractivity contribution in [3.63, 3.8) is 0 Å². The van der Waals surface area contributed by atoms with Crippen LogP contribution >= 0.6 is 11.6 Å². The molecule has 0 spiro atoms. The van der Waals surface area contributed by atoms with E-state index >= 15 is 0 Å². The van der Waals surface area contributed by atoms with E-state index in [1.165, 1.54) is 0 Å². The molecule has 0 saturated carbocycles. The van der Waals surface area contributed by atoms with Crippen LogP contribution in [0.25, 0.3) is 0 Å². The minimum atomic E-state index is -0.199. The maximum atomic E-state index is 12.2. The first-order valence-electron chi connectivity index (χ1n) is 7.11. The predicted molar refractivity (Wildman–Crippen MR) is 78.8 cm³/mol. The van der Waals surface area contributed by atoms with Crippen molar-refractivity contribution in [2.24, 2.45) is 0 Å². The van der Waals surface area contributed by atoms with Crippen molar-refractivity contribution in [1.82, 2.24) is 4.90 Å². The molecule has 5 heteroatoms. The fourth-order valence-electron chi connectivity index (χ4n) is 3.42. The Labute approximate surface area is 123 Å². The molecular weight excluding hydrogens is 276 g/mol. The van der Waals surface area contributed by atoms with Gasteiger partial charge in [0.05, 0.1) is 23.4 Å². The van der Waals surface area contributed by atoms with Gasteiger partial charge in [0.15, 0.2) is 0 Å². The van der Waals surface area contributed by atoms with E-state index in [1.807, 2.05) is 12.1 Å². The number of piperidine rings is 1. The van der Waals surface area contributed by atoms with Crippen LogP contribution < -0.4 is 5.32 Å². The van der Waals surface area contributed by atoms with Crippen molar-refractivity contribution in [1.29, 1.82) is 0 Å². The molecule has 0 radical (unpaired) electrons. The molecule has 2 fully saturated rings. The van der Waals surface area contributed by atoms with Crippen molar-refractivity contribution in [2.75, 3.05) is 11.9 Å². The Morgan fingerprint density at radius 1 is 1.30 bits per heavy atom. The summed E-state index contributed by atoms with van der Waals surface area (Å²) in [5.74, 6) is -0.0358. The van der Waals surface area contributed by atoms with Gasteiger partial charge in [-0.05, 0) is 37.8 Å². The number of amides is 1. The van der Waals surface area contributed by atoms with E-state index in [9.17, 15) is 9.90 Å².